The number of rotatable bonds is 3. The van der Waals surface area contributed by atoms with Gasteiger partial charge in [0, 0.05) is 0 Å². The molecule has 6 nitrogen and oxygen atoms in total. The Hall–Kier alpha value is -1.98. The molecule has 0 bridgehead atoms. The number of carbonyl (C=O) groups is 2. The van der Waals surface area contributed by atoms with Gasteiger partial charge in [0.2, 0.25) is 0 Å². The van der Waals surface area contributed by atoms with Crippen LogP contribution in [0, 0.1) is 13.8 Å². The third-order valence-corrected chi connectivity index (χ3v) is 2.06. The highest BCUT2D eigenvalue weighted by Gasteiger charge is 2.17. The predicted octanol–water partition coefficient (Wildman–Crippen LogP) is 0.296. The van der Waals surface area contributed by atoms with Crippen molar-refractivity contribution in [2.24, 2.45) is 0 Å². The SMILES string of the molecule is Cc1cc(C(=O)NC(C)C(=O)O)c(C)nn1. The number of amides is 1. The lowest BCUT2D eigenvalue weighted by Gasteiger charge is -2.10. The number of carboxylic acids is 1. The first kappa shape index (κ1) is 12.1. The molecular formula is C10H13N3O3. The molecule has 0 saturated heterocycles. The Balaban J connectivity index is 2.88. The molecule has 0 aromatic carbocycles. The maximum Gasteiger partial charge on any atom is 0.325 e. The lowest BCUT2D eigenvalue weighted by atomic mass is 10.2. The van der Waals surface area contributed by atoms with Crippen molar-refractivity contribution in [3.63, 3.8) is 0 Å². The number of nitrogens with one attached hydrogen (secondary N) is 1. The highest BCUT2D eigenvalue weighted by atomic mass is 16.4. The fourth-order valence-corrected chi connectivity index (χ4v) is 1.12. The summed E-state index contributed by atoms with van der Waals surface area (Å²) in [5.41, 5.74) is 1.43. The largest absolute Gasteiger partial charge is 0.480 e. The van der Waals surface area contributed by atoms with E-state index >= 15 is 0 Å². The van der Waals surface area contributed by atoms with Crippen LogP contribution in [0.4, 0.5) is 0 Å². The maximum atomic E-state index is 11.7. The van der Waals surface area contributed by atoms with Gasteiger partial charge in [-0.1, -0.05) is 0 Å². The zero-order valence-electron chi connectivity index (χ0n) is 9.31. The van der Waals surface area contributed by atoms with Crippen LogP contribution in [-0.4, -0.2) is 33.2 Å². The topological polar surface area (TPSA) is 92.2 Å². The van der Waals surface area contributed by atoms with Crippen LogP contribution in [-0.2, 0) is 4.79 Å². The Labute approximate surface area is 92.7 Å². The molecule has 0 radical (unpaired) electrons. The first-order valence-corrected chi connectivity index (χ1v) is 4.76. The molecule has 0 aliphatic heterocycles. The van der Waals surface area contributed by atoms with Crippen LogP contribution >= 0.6 is 0 Å². The summed E-state index contributed by atoms with van der Waals surface area (Å²) in [5.74, 6) is -1.53. The van der Waals surface area contributed by atoms with E-state index in [4.69, 9.17) is 5.11 Å². The van der Waals surface area contributed by atoms with E-state index in [0.717, 1.165) is 0 Å². The first-order chi connectivity index (χ1) is 7.41. The molecule has 1 amide bonds. The third-order valence-electron chi connectivity index (χ3n) is 2.06. The average Bonchev–Trinajstić information content (AvgIpc) is 2.21. The van der Waals surface area contributed by atoms with Crippen molar-refractivity contribution >= 4 is 11.9 Å². The van der Waals surface area contributed by atoms with Crippen molar-refractivity contribution in [2.45, 2.75) is 26.8 Å². The molecule has 0 aliphatic carbocycles. The number of aryl methyl sites for hydroxylation is 2. The Morgan fingerprint density at radius 3 is 2.56 bits per heavy atom. The second kappa shape index (κ2) is 4.69. The second-order valence-corrected chi connectivity index (χ2v) is 3.52. The minimum Gasteiger partial charge on any atom is -0.480 e. The molecule has 1 unspecified atom stereocenters. The van der Waals surface area contributed by atoms with Gasteiger partial charge >= 0.3 is 5.97 Å². The Bertz CT molecular complexity index is 431. The molecule has 1 aromatic rings. The standard InChI is InChI=1S/C10H13N3O3/c1-5-4-8(6(2)13-12-5)9(14)11-7(3)10(15)16/h4,7H,1-3H3,(H,11,14)(H,15,16). The molecular weight excluding hydrogens is 210 g/mol. The van der Waals surface area contributed by atoms with E-state index in [9.17, 15) is 9.59 Å². The first-order valence-electron chi connectivity index (χ1n) is 4.76. The van der Waals surface area contributed by atoms with E-state index in [1.165, 1.54) is 6.92 Å². The van der Waals surface area contributed by atoms with Gasteiger partial charge in [0.05, 0.1) is 17.0 Å². The molecule has 16 heavy (non-hydrogen) atoms. The van der Waals surface area contributed by atoms with Crippen LogP contribution in [0.15, 0.2) is 6.07 Å². The normalized spacial score (nSPS) is 11.9. The Kier molecular flexibility index (Phi) is 3.55. The van der Waals surface area contributed by atoms with Crippen LogP contribution in [0.5, 0.6) is 0 Å². The van der Waals surface area contributed by atoms with Crippen molar-refractivity contribution in [2.75, 3.05) is 0 Å². The van der Waals surface area contributed by atoms with Gasteiger partial charge in [-0.3, -0.25) is 9.59 Å². The molecule has 6 heteroatoms. The minimum absolute atomic E-state index is 0.348. The minimum atomic E-state index is -1.08. The van der Waals surface area contributed by atoms with E-state index in [2.05, 4.69) is 15.5 Å². The van der Waals surface area contributed by atoms with Crippen LogP contribution in [0.25, 0.3) is 0 Å². The third kappa shape index (κ3) is 2.75. The molecule has 0 saturated carbocycles. The Morgan fingerprint density at radius 1 is 1.38 bits per heavy atom. The van der Waals surface area contributed by atoms with Crippen molar-refractivity contribution in [3.05, 3.63) is 23.0 Å². The smallest absolute Gasteiger partial charge is 0.325 e. The van der Waals surface area contributed by atoms with Crippen LogP contribution in [0.2, 0.25) is 0 Å². The summed E-state index contributed by atoms with van der Waals surface area (Å²) in [6.45, 7) is 4.76. The van der Waals surface area contributed by atoms with Crippen LogP contribution in [0.1, 0.15) is 28.7 Å². The zero-order valence-corrected chi connectivity index (χ0v) is 9.31. The second-order valence-electron chi connectivity index (χ2n) is 3.52. The van der Waals surface area contributed by atoms with Gasteiger partial charge in [0.25, 0.3) is 5.91 Å². The summed E-state index contributed by atoms with van der Waals surface area (Å²) in [4.78, 5) is 22.3. The Morgan fingerprint density at radius 2 is 2.00 bits per heavy atom. The summed E-state index contributed by atoms with van der Waals surface area (Å²) in [6, 6.07) is 0.645. The molecule has 86 valence electrons. The fourth-order valence-electron chi connectivity index (χ4n) is 1.12. The highest BCUT2D eigenvalue weighted by Crippen LogP contribution is 2.05. The van der Waals surface area contributed by atoms with E-state index < -0.39 is 17.9 Å². The number of nitrogens with zero attached hydrogens (tertiary/aromatic N) is 2. The zero-order chi connectivity index (χ0) is 12.3. The van der Waals surface area contributed by atoms with Crippen molar-refractivity contribution in [1.29, 1.82) is 0 Å². The van der Waals surface area contributed by atoms with E-state index in [-0.39, 0.29) is 0 Å². The monoisotopic (exact) mass is 223 g/mol. The quantitative estimate of drug-likeness (QED) is 0.768. The molecule has 1 aromatic heterocycles. The molecule has 0 spiro atoms. The fraction of sp³-hybridized carbons (Fsp3) is 0.400. The van der Waals surface area contributed by atoms with E-state index in [0.29, 0.717) is 17.0 Å². The van der Waals surface area contributed by atoms with Crippen LogP contribution in [0.3, 0.4) is 0 Å². The van der Waals surface area contributed by atoms with Crippen molar-refractivity contribution in [3.8, 4) is 0 Å². The molecule has 0 fully saturated rings. The van der Waals surface area contributed by atoms with Gasteiger partial charge in [0.1, 0.15) is 6.04 Å². The summed E-state index contributed by atoms with van der Waals surface area (Å²) in [6.07, 6.45) is 0. The lowest BCUT2D eigenvalue weighted by molar-refractivity contribution is -0.138. The van der Waals surface area contributed by atoms with Gasteiger partial charge < -0.3 is 10.4 Å². The van der Waals surface area contributed by atoms with Gasteiger partial charge in [-0.25, -0.2) is 0 Å². The number of hydrogen-bond acceptors (Lipinski definition) is 4. The number of carbonyl (C=O) groups excluding carboxylic acids is 1. The van der Waals surface area contributed by atoms with Crippen LogP contribution < -0.4 is 5.32 Å². The highest BCUT2D eigenvalue weighted by molar-refractivity contribution is 5.97. The van der Waals surface area contributed by atoms with E-state index in [1.54, 1.807) is 19.9 Å². The van der Waals surface area contributed by atoms with Gasteiger partial charge in [-0.15, -0.1) is 0 Å². The molecule has 0 aliphatic rings. The summed E-state index contributed by atoms with van der Waals surface area (Å²) < 4.78 is 0. The number of carboxylic acid groups (broad SMARTS) is 1. The molecule has 1 rings (SSSR count). The predicted molar refractivity (Wildman–Crippen MR) is 56.1 cm³/mol. The average molecular weight is 223 g/mol. The van der Waals surface area contributed by atoms with Gasteiger partial charge in [0.15, 0.2) is 0 Å². The van der Waals surface area contributed by atoms with Crippen molar-refractivity contribution < 1.29 is 14.7 Å². The summed E-state index contributed by atoms with van der Waals surface area (Å²) in [5, 5.41) is 18.6. The number of aliphatic carboxylic acids is 1. The number of hydrogen-bond donors (Lipinski definition) is 2. The summed E-state index contributed by atoms with van der Waals surface area (Å²) in [7, 11) is 0. The van der Waals surface area contributed by atoms with Crippen molar-refractivity contribution in [1.82, 2.24) is 15.5 Å². The summed E-state index contributed by atoms with van der Waals surface area (Å²) >= 11 is 0. The maximum absolute atomic E-state index is 11.7. The number of aromatic nitrogens is 2. The lowest BCUT2D eigenvalue weighted by Crippen LogP contribution is -2.38. The molecule has 1 atom stereocenters. The van der Waals surface area contributed by atoms with Gasteiger partial charge in [-0.05, 0) is 26.8 Å². The molecule has 1 heterocycles. The molecule has 2 N–H and O–H groups in total. The van der Waals surface area contributed by atoms with Gasteiger partial charge in [-0.2, -0.15) is 10.2 Å². The van der Waals surface area contributed by atoms with E-state index in [1.807, 2.05) is 0 Å².